The molecule has 1 aromatic heterocycles. The van der Waals surface area contributed by atoms with E-state index in [9.17, 15) is 9.59 Å². The number of carbonyl (C=O) groups excluding carboxylic acids is 1. The van der Waals surface area contributed by atoms with E-state index in [0.717, 1.165) is 0 Å². The maximum absolute atomic E-state index is 12.9. The van der Waals surface area contributed by atoms with E-state index in [2.05, 4.69) is 10.1 Å². The molecular formula is C15H22N4O3. The van der Waals surface area contributed by atoms with Crippen molar-refractivity contribution in [2.24, 2.45) is 23.7 Å². The number of likely N-dealkylation sites (tertiary alicyclic amines) is 1. The number of aromatic nitrogens is 3. The molecule has 2 fully saturated rings. The molecule has 0 spiro atoms. The van der Waals surface area contributed by atoms with Crippen LogP contribution in [-0.2, 0) is 9.59 Å². The minimum absolute atomic E-state index is 0.0711. The molecule has 2 unspecified atom stereocenters. The molecule has 1 saturated carbocycles. The molecule has 1 saturated heterocycles. The number of aliphatic carboxylic acids is 1. The van der Waals surface area contributed by atoms with Gasteiger partial charge in [0.2, 0.25) is 5.91 Å². The monoisotopic (exact) mass is 306 g/mol. The van der Waals surface area contributed by atoms with Crippen molar-refractivity contribution in [2.75, 3.05) is 13.1 Å². The molecule has 4 atom stereocenters. The maximum Gasteiger partial charge on any atom is 0.306 e. The number of carboxylic acid groups (broad SMARTS) is 1. The topological polar surface area (TPSA) is 88.3 Å². The molecule has 2 aliphatic rings. The Bertz CT molecular complexity index is 543. The Morgan fingerprint density at radius 3 is 2.32 bits per heavy atom. The smallest absolute Gasteiger partial charge is 0.306 e. The van der Waals surface area contributed by atoms with Gasteiger partial charge < -0.3 is 10.0 Å². The van der Waals surface area contributed by atoms with Crippen LogP contribution in [-0.4, -0.2) is 49.7 Å². The summed E-state index contributed by atoms with van der Waals surface area (Å²) in [5.74, 6) is -0.0798. The number of carboxylic acids is 1. The fourth-order valence-corrected chi connectivity index (χ4v) is 3.93. The Labute approximate surface area is 129 Å². The quantitative estimate of drug-likeness (QED) is 0.898. The van der Waals surface area contributed by atoms with E-state index >= 15 is 0 Å². The van der Waals surface area contributed by atoms with E-state index in [0.29, 0.717) is 37.8 Å². The highest BCUT2D eigenvalue weighted by Crippen LogP contribution is 2.42. The Balaban J connectivity index is 1.69. The summed E-state index contributed by atoms with van der Waals surface area (Å²) in [5, 5.41) is 13.2. The Morgan fingerprint density at radius 2 is 1.86 bits per heavy atom. The molecule has 1 aromatic rings. The van der Waals surface area contributed by atoms with E-state index in [1.165, 1.54) is 6.33 Å². The van der Waals surface area contributed by atoms with Crippen LogP contribution in [0.25, 0.3) is 0 Å². The van der Waals surface area contributed by atoms with Crippen LogP contribution in [0.2, 0.25) is 0 Å². The SMILES string of the molecule is CC(C)C(C(=O)N1C[C@H]2CC(C(=O)O)C[C@H]2C1)n1cncn1. The van der Waals surface area contributed by atoms with Gasteiger partial charge in [-0.15, -0.1) is 0 Å². The van der Waals surface area contributed by atoms with Gasteiger partial charge in [-0.25, -0.2) is 9.67 Å². The predicted molar refractivity (Wildman–Crippen MR) is 77.8 cm³/mol. The third-order valence-corrected chi connectivity index (χ3v) is 5.02. The summed E-state index contributed by atoms with van der Waals surface area (Å²) in [6, 6.07) is -0.336. The Kier molecular flexibility index (Phi) is 3.88. The summed E-state index contributed by atoms with van der Waals surface area (Å²) in [4.78, 5) is 29.8. The van der Waals surface area contributed by atoms with Gasteiger partial charge in [0.1, 0.15) is 18.7 Å². The fourth-order valence-electron chi connectivity index (χ4n) is 3.93. The largest absolute Gasteiger partial charge is 0.481 e. The van der Waals surface area contributed by atoms with Crippen LogP contribution in [0.1, 0.15) is 32.7 Å². The van der Waals surface area contributed by atoms with E-state index < -0.39 is 5.97 Å². The van der Waals surface area contributed by atoms with Gasteiger partial charge in [-0.2, -0.15) is 5.10 Å². The first-order valence-corrected chi connectivity index (χ1v) is 7.83. The van der Waals surface area contributed by atoms with Gasteiger partial charge in [0.25, 0.3) is 0 Å². The van der Waals surface area contributed by atoms with Crippen molar-refractivity contribution in [1.29, 1.82) is 0 Å². The first-order chi connectivity index (χ1) is 10.5. The van der Waals surface area contributed by atoms with Gasteiger partial charge in [0.05, 0.1) is 5.92 Å². The summed E-state index contributed by atoms with van der Waals surface area (Å²) in [7, 11) is 0. The van der Waals surface area contributed by atoms with Crippen molar-refractivity contribution in [3.63, 3.8) is 0 Å². The van der Waals surface area contributed by atoms with Crippen LogP contribution in [0.5, 0.6) is 0 Å². The zero-order valence-corrected chi connectivity index (χ0v) is 12.9. The number of carbonyl (C=O) groups is 2. The van der Waals surface area contributed by atoms with Crippen LogP contribution in [0.4, 0.5) is 0 Å². The molecule has 1 aliphatic heterocycles. The first-order valence-electron chi connectivity index (χ1n) is 7.83. The van der Waals surface area contributed by atoms with Crippen molar-refractivity contribution >= 4 is 11.9 Å². The highest BCUT2D eigenvalue weighted by molar-refractivity contribution is 5.81. The standard InChI is InChI=1S/C15H22N4O3/c1-9(2)13(19-8-16-7-17-19)14(20)18-5-11-3-10(15(21)22)4-12(11)6-18/h7-13H,3-6H2,1-2H3,(H,21,22)/t10?,11-,12+,13?. The maximum atomic E-state index is 12.9. The third-order valence-electron chi connectivity index (χ3n) is 5.02. The van der Waals surface area contributed by atoms with Gasteiger partial charge in [0.15, 0.2) is 0 Å². The molecule has 120 valence electrons. The molecule has 1 aliphatic carbocycles. The van der Waals surface area contributed by atoms with Crippen LogP contribution < -0.4 is 0 Å². The molecule has 1 amide bonds. The zero-order valence-electron chi connectivity index (χ0n) is 12.9. The van der Waals surface area contributed by atoms with Gasteiger partial charge in [0, 0.05) is 13.1 Å². The number of fused-ring (bicyclic) bond motifs is 1. The van der Waals surface area contributed by atoms with Crippen molar-refractivity contribution in [1.82, 2.24) is 19.7 Å². The Hall–Kier alpha value is -1.92. The number of hydrogen-bond acceptors (Lipinski definition) is 4. The summed E-state index contributed by atoms with van der Waals surface area (Å²) in [5.41, 5.74) is 0. The minimum atomic E-state index is -0.699. The molecule has 22 heavy (non-hydrogen) atoms. The summed E-state index contributed by atoms with van der Waals surface area (Å²) in [6.07, 6.45) is 4.41. The lowest BCUT2D eigenvalue weighted by molar-refractivity contribution is -0.141. The molecule has 7 heteroatoms. The first kappa shape index (κ1) is 15.0. The van der Waals surface area contributed by atoms with Crippen molar-refractivity contribution < 1.29 is 14.7 Å². The van der Waals surface area contributed by atoms with Crippen LogP contribution in [0, 0.1) is 23.7 Å². The lowest BCUT2D eigenvalue weighted by Crippen LogP contribution is -2.39. The molecule has 2 heterocycles. The van der Waals surface area contributed by atoms with Gasteiger partial charge >= 0.3 is 5.97 Å². The van der Waals surface area contributed by atoms with Gasteiger partial charge in [-0.3, -0.25) is 9.59 Å². The number of amides is 1. The van der Waals surface area contributed by atoms with Crippen LogP contribution in [0.15, 0.2) is 12.7 Å². The number of rotatable bonds is 4. The second-order valence-corrected chi connectivity index (χ2v) is 6.83. The van der Waals surface area contributed by atoms with Gasteiger partial charge in [-0.1, -0.05) is 13.8 Å². The summed E-state index contributed by atoms with van der Waals surface area (Å²) in [6.45, 7) is 5.35. The highest BCUT2D eigenvalue weighted by Gasteiger charge is 2.45. The summed E-state index contributed by atoms with van der Waals surface area (Å²) < 4.78 is 1.63. The highest BCUT2D eigenvalue weighted by atomic mass is 16.4. The molecule has 0 bridgehead atoms. The number of hydrogen-bond donors (Lipinski definition) is 1. The van der Waals surface area contributed by atoms with Crippen molar-refractivity contribution in [3.05, 3.63) is 12.7 Å². The predicted octanol–water partition coefficient (Wildman–Crippen LogP) is 1.04. The fraction of sp³-hybridized carbons (Fsp3) is 0.733. The molecular weight excluding hydrogens is 284 g/mol. The molecule has 3 rings (SSSR count). The van der Waals surface area contributed by atoms with Crippen molar-refractivity contribution in [2.45, 2.75) is 32.7 Å². The average Bonchev–Trinajstić information content (AvgIpc) is 3.12. The Morgan fingerprint density at radius 1 is 1.23 bits per heavy atom. The van der Waals surface area contributed by atoms with Crippen molar-refractivity contribution in [3.8, 4) is 0 Å². The van der Waals surface area contributed by atoms with Gasteiger partial charge in [-0.05, 0) is 30.6 Å². The third kappa shape index (κ3) is 2.60. The second-order valence-electron chi connectivity index (χ2n) is 6.83. The zero-order chi connectivity index (χ0) is 15.9. The van der Waals surface area contributed by atoms with E-state index in [1.54, 1.807) is 11.0 Å². The van der Waals surface area contributed by atoms with Crippen LogP contribution in [0.3, 0.4) is 0 Å². The minimum Gasteiger partial charge on any atom is -0.481 e. The second kappa shape index (κ2) is 5.70. The average molecular weight is 306 g/mol. The van der Waals surface area contributed by atoms with E-state index in [1.807, 2.05) is 18.7 Å². The molecule has 7 nitrogen and oxygen atoms in total. The van der Waals surface area contributed by atoms with E-state index in [4.69, 9.17) is 5.11 Å². The summed E-state index contributed by atoms with van der Waals surface area (Å²) >= 11 is 0. The van der Waals surface area contributed by atoms with Crippen LogP contribution >= 0.6 is 0 Å². The number of nitrogens with zero attached hydrogens (tertiary/aromatic N) is 4. The molecule has 1 N–H and O–H groups in total. The molecule has 0 radical (unpaired) electrons. The molecule has 0 aromatic carbocycles. The van der Waals surface area contributed by atoms with E-state index in [-0.39, 0.29) is 23.8 Å². The lowest BCUT2D eigenvalue weighted by atomic mass is 10.0. The normalized spacial score (nSPS) is 28.9. The lowest BCUT2D eigenvalue weighted by Gasteiger charge is -2.26.